The number of thiazole rings is 1. The lowest BCUT2D eigenvalue weighted by molar-refractivity contribution is -0.139. The van der Waals surface area contributed by atoms with Crippen LogP contribution in [0.3, 0.4) is 0 Å². The SMILES string of the molecule is CCOC(=O)C1=C(C)N=c2s/c(=C\c3ccc(-n4cc([Si](C)(C)C)nn4)cc3)c(=O)n2C1c1ccccc1. The van der Waals surface area contributed by atoms with Gasteiger partial charge in [-0.2, -0.15) is 0 Å². The minimum Gasteiger partial charge on any atom is -0.463 e. The van der Waals surface area contributed by atoms with Crippen LogP contribution in [0.4, 0.5) is 0 Å². The first kappa shape index (κ1) is 25.7. The van der Waals surface area contributed by atoms with Crippen molar-refractivity contribution < 1.29 is 9.53 Å². The summed E-state index contributed by atoms with van der Waals surface area (Å²) >= 11 is 1.31. The van der Waals surface area contributed by atoms with Crippen molar-refractivity contribution in [1.82, 2.24) is 19.6 Å². The Kier molecular flexibility index (Phi) is 6.85. The third-order valence-electron chi connectivity index (χ3n) is 6.35. The van der Waals surface area contributed by atoms with Gasteiger partial charge in [-0.3, -0.25) is 9.36 Å². The Morgan fingerprint density at radius 2 is 1.82 bits per heavy atom. The van der Waals surface area contributed by atoms with E-state index in [-0.39, 0.29) is 12.2 Å². The van der Waals surface area contributed by atoms with Crippen LogP contribution < -0.4 is 20.2 Å². The van der Waals surface area contributed by atoms with Crippen LogP contribution >= 0.6 is 11.3 Å². The number of carbonyl (C=O) groups excluding carboxylic acids is 1. The molecule has 1 atom stereocenters. The van der Waals surface area contributed by atoms with Gasteiger partial charge in [0.2, 0.25) is 0 Å². The van der Waals surface area contributed by atoms with E-state index in [1.807, 2.05) is 66.9 Å². The summed E-state index contributed by atoms with van der Waals surface area (Å²) < 4.78 is 9.27. The number of hydrogen-bond acceptors (Lipinski definition) is 7. The maximum atomic E-state index is 13.7. The zero-order valence-corrected chi connectivity index (χ0v) is 23.8. The fraction of sp³-hybridized carbons (Fsp3) is 0.250. The average molecular weight is 544 g/mol. The Bertz CT molecular complexity index is 1710. The van der Waals surface area contributed by atoms with Gasteiger partial charge in [0.25, 0.3) is 5.56 Å². The number of rotatable bonds is 6. The Morgan fingerprint density at radius 1 is 1.11 bits per heavy atom. The van der Waals surface area contributed by atoms with Crippen LogP contribution in [0.5, 0.6) is 0 Å². The number of benzene rings is 2. The molecule has 3 heterocycles. The molecule has 1 unspecified atom stereocenters. The van der Waals surface area contributed by atoms with Gasteiger partial charge in [-0.1, -0.05) is 78.7 Å². The molecule has 2 aromatic heterocycles. The lowest BCUT2D eigenvalue weighted by Gasteiger charge is -2.24. The van der Waals surface area contributed by atoms with E-state index in [0.29, 0.717) is 20.6 Å². The standard InChI is InChI=1S/C28H29N5O3SSi/c1-6-36-27(35)24-18(2)29-28-33(25(24)20-10-8-7-9-11-20)26(34)22(37-28)16-19-12-14-21(15-13-19)32-17-23(30-31-32)38(3,4)5/h7-17,25H,6H2,1-5H3/b22-16-. The summed E-state index contributed by atoms with van der Waals surface area (Å²) in [5.74, 6) is -0.460. The third kappa shape index (κ3) is 4.84. The highest BCUT2D eigenvalue weighted by molar-refractivity contribution is 7.07. The number of nitrogens with zero attached hydrogens (tertiary/aromatic N) is 5. The second kappa shape index (κ2) is 10.1. The number of fused-ring (bicyclic) bond motifs is 1. The summed E-state index contributed by atoms with van der Waals surface area (Å²) in [7, 11) is -1.55. The van der Waals surface area contributed by atoms with Crippen LogP contribution in [0.15, 0.2) is 81.9 Å². The molecule has 5 rings (SSSR count). The van der Waals surface area contributed by atoms with Crippen molar-refractivity contribution in [2.75, 3.05) is 6.61 Å². The lowest BCUT2D eigenvalue weighted by Crippen LogP contribution is -2.39. The van der Waals surface area contributed by atoms with Gasteiger partial charge in [-0.25, -0.2) is 14.5 Å². The highest BCUT2D eigenvalue weighted by Crippen LogP contribution is 2.30. The zero-order chi connectivity index (χ0) is 27.0. The minimum atomic E-state index is -1.55. The Balaban J connectivity index is 1.56. The predicted octanol–water partition coefficient (Wildman–Crippen LogP) is 2.92. The smallest absolute Gasteiger partial charge is 0.338 e. The van der Waals surface area contributed by atoms with Crippen molar-refractivity contribution in [2.45, 2.75) is 39.5 Å². The van der Waals surface area contributed by atoms with Crippen molar-refractivity contribution in [3.63, 3.8) is 0 Å². The van der Waals surface area contributed by atoms with E-state index < -0.39 is 20.1 Å². The van der Waals surface area contributed by atoms with E-state index in [9.17, 15) is 9.59 Å². The first-order chi connectivity index (χ1) is 18.2. The van der Waals surface area contributed by atoms with E-state index in [0.717, 1.165) is 22.1 Å². The summed E-state index contributed by atoms with van der Waals surface area (Å²) in [6, 6.07) is 16.7. The number of esters is 1. The predicted molar refractivity (Wildman–Crippen MR) is 151 cm³/mol. The van der Waals surface area contributed by atoms with Crippen LogP contribution in [-0.4, -0.2) is 40.2 Å². The Labute approximate surface area is 225 Å². The summed E-state index contributed by atoms with van der Waals surface area (Å²) in [6.07, 6.45) is 3.85. The first-order valence-electron chi connectivity index (χ1n) is 12.4. The van der Waals surface area contributed by atoms with Crippen molar-refractivity contribution in [2.24, 2.45) is 4.99 Å². The zero-order valence-electron chi connectivity index (χ0n) is 22.0. The molecule has 1 aliphatic heterocycles. The highest BCUT2D eigenvalue weighted by atomic mass is 32.1. The van der Waals surface area contributed by atoms with Crippen LogP contribution in [-0.2, 0) is 9.53 Å². The maximum absolute atomic E-state index is 13.7. The summed E-state index contributed by atoms with van der Waals surface area (Å²) in [4.78, 5) is 31.8. The van der Waals surface area contributed by atoms with Crippen molar-refractivity contribution in [1.29, 1.82) is 0 Å². The van der Waals surface area contributed by atoms with Gasteiger partial charge in [0, 0.05) is 6.20 Å². The average Bonchev–Trinajstić information content (AvgIpc) is 3.50. The van der Waals surface area contributed by atoms with E-state index in [4.69, 9.17) is 4.74 Å². The highest BCUT2D eigenvalue weighted by Gasteiger charge is 2.33. The molecule has 194 valence electrons. The molecule has 0 saturated heterocycles. The second-order valence-electron chi connectivity index (χ2n) is 10.1. The van der Waals surface area contributed by atoms with Gasteiger partial charge < -0.3 is 4.74 Å². The molecule has 8 nitrogen and oxygen atoms in total. The molecule has 0 aliphatic carbocycles. The molecule has 0 fully saturated rings. The van der Waals surface area contributed by atoms with Crippen molar-refractivity contribution in [3.8, 4) is 5.69 Å². The number of hydrogen-bond donors (Lipinski definition) is 0. The molecule has 1 aliphatic rings. The van der Waals surface area contributed by atoms with Crippen LogP contribution in [0.2, 0.25) is 19.6 Å². The summed E-state index contributed by atoms with van der Waals surface area (Å²) in [5.41, 5.74) is 3.35. The number of aromatic nitrogens is 4. The quantitative estimate of drug-likeness (QED) is 0.276. The van der Waals surface area contributed by atoms with Gasteiger partial charge in [-0.05, 0) is 43.2 Å². The Hall–Kier alpha value is -3.89. The molecular formula is C28H29N5O3SSi. The summed E-state index contributed by atoms with van der Waals surface area (Å²) in [5, 5.41) is 9.69. The molecule has 0 saturated carbocycles. The molecule has 0 amide bonds. The fourth-order valence-corrected chi connectivity index (χ4v) is 6.25. The monoisotopic (exact) mass is 543 g/mol. The number of allylic oxidation sites excluding steroid dienone is 1. The maximum Gasteiger partial charge on any atom is 0.338 e. The van der Waals surface area contributed by atoms with Crippen molar-refractivity contribution in [3.05, 3.63) is 103 Å². The van der Waals surface area contributed by atoms with Crippen LogP contribution in [0, 0.1) is 0 Å². The second-order valence-corrected chi connectivity index (χ2v) is 16.1. The molecule has 0 bridgehead atoms. The van der Waals surface area contributed by atoms with Gasteiger partial charge >= 0.3 is 5.97 Å². The largest absolute Gasteiger partial charge is 0.463 e. The van der Waals surface area contributed by atoms with Crippen LogP contribution in [0.1, 0.15) is 31.0 Å². The molecule has 0 N–H and O–H groups in total. The number of ether oxygens (including phenoxy) is 1. The minimum absolute atomic E-state index is 0.197. The normalized spacial score (nSPS) is 15.8. The van der Waals surface area contributed by atoms with E-state index in [1.165, 1.54) is 11.3 Å². The molecular weight excluding hydrogens is 514 g/mol. The summed E-state index contributed by atoms with van der Waals surface area (Å²) in [6.45, 7) is 10.5. The lowest BCUT2D eigenvalue weighted by atomic mass is 9.96. The van der Waals surface area contributed by atoms with Crippen LogP contribution in [0.25, 0.3) is 11.8 Å². The molecule has 0 spiro atoms. The van der Waals surface area contributed by atoms with Crippen molar-refractivity contribution >= 4 is 36.8 Å². The van der Waals surface area contributed by atoms with Gasteiger partial charge in [0.15, 0.2) is 4.80 Å². The van der Waals surface area contributed by atoms with Gasteiger partial charge in [0.05, 0.1) is 39.5 Å². The molecule has 10 heteroatoms. The van der Waals surface area contributed by atoms with E-state index >= 15 is 0 Å². The molecule has 38 heavy (non-hydrogen) atoms. The van der Waals surface area contributed by atoms with Gasteiger partial charge in [0.1, 0.15) is 8.07 Å². The van der Waals surface area contributed by atoms with E-state index in [1.54, 1.807) is 23.1 Å². The molecule has 0 radical (unpaired) electrons. The number of carbonyl (C=O) groups is 1. The third-order valence-corrected chi connectivity index (χ3v) is 9.10. The topological polar surface area (TPSA) is 91.4 Å². The molecule has 2 aromatic carbocycles. The fourth-order valence-electron chi connectivity index (χ4n) is 4.35. The van der Waals surface area contributed by atoms with E-state index in [2.05, 4.69) is 34.9 Å². The Morgan fingerprint density at radius 3 is 2.45 bits per heavy atom. The van der Waals surface area contributed by atoms with Gasteiger partial charge in [-0.15, -0.1) is 5.10 Å². The molecule has 4 aromatic rings. The first-order valence-corrected chi connectivity index (χ1v) is 16.8.